The average Bonchev–Trinajstić information content (AvgIpc) is 3.13. The fraction of sp³-hybridized carbons (Fsp3) is 0.425. The van der Waals surface area contributed by atoms with Crippen LogP contribution in [0.15, 0.2) is 97.1 Å². The van der Waals surface area contributed by atoms with Crippen LogP contribution in [0.2, 0.25) is 0 Å². The minimum absolute atomic E-state index is 0.0868. The maximum Gasteiger partial charge on any atom is 0.127 e. The van der Waals surface area contributed by atoms with Crippen molar-refractivity contribution >= 4 is 17.1 Å². The lowest BCUT2D eigenvalue weighted by Gasteiger charge is -2.41. The second-order valence-corrected chi connectivity index (χ2v) is 12.7. The van der Waals surface area contributed by atoms with Gasteiger partial charge in [0, 0.05) is 44.4 Å². The van der Waals surface area contributed by atoms with Crippen molar-refractivity contribution in [2.24, 2.45) is 11.8 Å². The third-order valence-electron chi connectivity index (χ3n) is 9.59. The van der Waals surface area contributed by atoms with Crippen molar-refractivity contribution in [3.05, 3.63) is 114 Å². The predicted octanol–water partition coefficient (Wildman–Crippen LogP) is 6.08. The molecule has 2 aliphatic rings. The molecule has 4 atom stereocenters. The summed E-state index contributed by atoms with van der Waals surface area (Å²) in [5.74, 6) is 1.09. The first kappa shape index (κ1) is 33.3. The molecule has 2 fully saturated rings. The zero-order valence-electron chi connectivity index (χ0n) is 27.3. The van der Waals surface area contributed by atoms with Crippen LogP contribution in [0.3, 0.4) is 0 Å². The smallest absolute Gasteiger partial charge is 0.127 e. The Hall–Kier alpha value is -3.59. The van der Waals surface area contributed by atoms with E-state index in [4.69, 9.17) is 18.9 Å². The number of nitrogens with zero attached hydrogens (tertiary/aromatic N) is 1. The summed E-state index contributed by atoms with van der Waals surface area (Å²) in [6, 6.07) is 33.5. The van der Waals surface area contributed by atoms with E-state index in [2.05, 4.69) is 89.1 Å². The summed E-state index contributed by atoms with van der Waals surface area (Å²) in [7, 11) is 0. The van der Waals surface area contributed by atoms with Gasteiger partial charge in [-0.3, -0.25) is 4.90 Å². The molecule has 0 aromatic heterocycles. The number of carbonyl (C=O) groups is 1. The summed E-state index contributed by atoms with van der Waals surface area (Å²) in [5.41, 5.74) is 3.47. The van der Waals surface area contributed by atoms with E-state index < -0.39 is 0 Å². The Morgan fingerprint density at radius 3 is 2.43 bits per heavy atom. The second kappa shape index (κ2) is 17.5. The first-order valence-electron chi connectivity index (χ1n) is 17.2. The number of fused-ring (bicyclic) bond motifs is 1. The van der Waals surface area contributed by atoms with Crippen LogP contribution < -0.4 is 10.1 Å². The molecular weight excluding hydrogens is 588 g/mol. The monoisotopic (exact) mass is 636 g/mol. The molecule has 0 spiro atoms. The van der Waals surface area contributed by atoms with E-state index in [1.165, 1.54) is 16.5 Å². The van der Waals surface area contributed by atoms with Gasteiger partial charge in [0.2, 0.25) is 0 Å². The molecule has 4 aromatic carbocycles. The van der Waals surface area contributed by atoms with Crippen molar-refractivity contribution in [1.82, 2.24) is 10.2 Å². The first-order valence-corrected chi connectivity index (χ1v) is 17.2. The normalized spacial score (nSPS) is 21.0. The Labute approximate surface area is 279 Å². The number of nitrogens with one attached hydrogen (secondary N) is 1. The second-order valence-electron chi connectivity index (χ2n) is 12.7. The summed E-state index contributed by atoms with van der Waals surface area (Å²) >= 11 is 0. The largest absolute Gasteiger partial charge is 0.494 e. The number of hydrogen-bond donors (Lipinski definition) is 1. The highest BCUT2D eigenvalue weighted by molar-refractivity contribution is 5.84. The molecule has 0 saturated carbocycles. The van der Waals surface area contributed by atoms with E-state index in [9.17, 15) is 4.79 Å². The lowest BCUT2D eigenvalue weighted by atomic mass is 9.68. The van der Waals surface area contributed by atoms with Gasteiger partial charge in [-0.2, -0.15) is 0 Å². The van der Waals surface area contributed by atoms with Crippen molar-refractivity contribution < 1.29 is 23.7 Å². The molecule has 4 aromatic rings. The van der Waals surface area contributed by atoms with Crippen LogP contribution in [0.1, 0.15) is 34.9 Å². The Balaban J connectivity index is 1.12. The van der Waals surface area contributed by atoms with Crippen molar-refractivity contribution in [1.29, 1.82) is 0 Å². The first-order chi connectivity index (χ1) is 23.3. The maximum atomic E-state index is 12.9. The van der Waals surface area contributed by atoms with Crippen LogP contribution in [0, 0.1) is 11.8 Å². The van der Waals surface area contributed by atoms with Crippen molar-refractivity contribution in [3.63, 3.8) is 0 Å². The topological polar surface area (TPSA) is 69.3 Å². The minimum atomic E-state index is -0.236. The van der Waals surface area contributed by atoms with Crippen LogP contribution in [0.25, 0.3) is 10.8 Å². The molecule has 47 heavy (non-hydrogen) atoms. The van der Waals surface area contributed by atoms with Crippen LogP contribution >= 0.6 is 0 Å². The lowest BCUT2D eigenvalue weighted by Crippen LogP contribution is -2.46. The number of morpholine rings is 1. The van der Waals surface area contributed by atoms with E-state index in [1.807, 2.05) is 18.2 Å². The number of aldehydes is 1. The molecule has 2 heterocycles. The minimum Gasteiger partial charge on any atom is -0.494 e. The van der Waals surface area contributed by atoms with Gasteiger partial charge in [0.05, 0.1) is 46.2 Å². The molecule has 6 rings (SSSR count). The highest BCUT2D eigenvalue weighted by atomic mass is 16.5. The van der Waals surface area contributed by atoms with Crippen LogP contribution in [0.4, 0.5) is 0 Å². The van der Waals surface area contributed by atoms with Gasteiger partial charge in [0.25, 0.3) is 0 Å². The van der Waals surface area contributed by atoms with Gasteiger partial charge in [0.15, 0.2) is 0 Å². The maximum absolute atomic E-state index is 12.9. The summed E-state index contributed by atoms with van der Waals surface area (Å²) in [6.45, 7) is 9.23. The molecule has 0 radical (unpaired) electrons. The quantitative estimate of drug-likeness (QED) is 0.118. The Morgan fingerprint density at radius 1 is 0.830 bits per heavy atom. The molecule has 2 aliphatic heterocycles. The molecule has 0 amide bonds. The van der Waals surface area contributed by atoms with Gasteiger partial charge in [-0.25, -0.2) is 0 Å². The number of hydrogen-bond acceptors (Lipinski definition) is 7. The SMILES string of the molecule is O=CC(c1ccc2ccccc2c1)[C@@H]1CNC[C@@H](COCCN2CCOCC2)[C@H]1c1ccc(OCCCOCc2ccccc2)cc1. The number of rotatable bonds is 16. The summed E-state index contributed by atoms with van der Waals surface area (Å²) < 4.78 is 23.7. The molecule has 0 bridgehead atoms. The zero-order chi connectivity index (χ0) is 32.1. The molecule has 1 unspecified atom stereocenters. The van der Waals surface area contributed by atoms with Crippen LogP contribution in [-0.2, 0) is 25.6 Å². The van der Waals surface area contributed by atoms with E-state index >= 15 is 0 Å². The highest BCUT2D eigenvalue weighted by Gasteiger charge is 2.39. The fourth-order valence-electron chi connectivity index (χ4n) is 7.07. The van der Waals surface area contributed by atoms with Crippen molar-refractivity contribution in [2.75, 3.05) is 72.4 Å². The fourth-order valence-corrected chi connectivity index (χ4v) is 7.07. The van der Waals surface area contributed by atoms with Crippen LogP contribution in [-0.4, -0.2) is 83.6 Å². The third-order valence-corrected chi connectivity index (χ3v) is 9.59. The average molecular weight is 637 g/mol. The molecule has 248 valence electrons. The van der Waals surface area contributed by atoms with E-state index in [-0.39, 0.29) is 23.7 Å². The Kier molecular flexibility index (Phi) is 12.4. The Bertz CT molecular complexity index is 1510. The van der Waals surface area contributed by atoms with E-state index in [0.717, 1.165) is 75.3 Å². The van der Waals surface area contributed by atoms with Gasteiger partial charge in [-0.1, -0.05) is 84.9 Å². The van der Waals surface area contributed by atoms with Crippen molar-refractivity contribution in [2.45, 2.75) is 24.9 Å². The molecular formula is C40H48N2O5. The molecule has 0 aliphatic carbocycles. The molecule has 7 heteroatoms. The summed E-state index contributed by atoms with van der Waals surface area (Å²) in [5, 5.41) is 6.00. The Morgan fingerprint density at radius 2 is 1.62 bits per heavy atom. The highest BCUT2D eigenvalue weighted by Crippen LogP contribution is 2.42. The van der Waals surface area contributed by atoms with Gasteiger partial charge in [-0.05, 0) is 58.0 Å². The van der Waals surface area contributed by atoms with Crippen molar-refractivity contribution in [3.8, 4) is 5.75 Å². The van der Waals surface area contributed by atoms with Crippen LogP contribution in [0.5, 0.6) is 5.75 Å². The molecule has 7 nitrogen and oxygen atoms in total. The van der Waals surface area contributed by atoms with E-state index in [0.29, 0.717) is 33.0 Å². The third kappa shape index (κ3) is 9.28. The zero-order valence-corrected chi connectivity index (χ0v) is 27.3. The lowest BCUT2D eigenvalue weighted by molar-refractivity contribution is -0.110. The van der Waals surface area contributed by atoms with Gasteiger partial charge < -0.3 is 29.1 Å². The number of piperidine rings is 1. The number of benzene rings is 4. The standard InChI is InChI=1S/C40H48N2O5/c43-28-39(35-12-11-32-9-4-5-10-34(32)25-35)38-27-41-26-36(30-46-24-19-42-17-22-44-23-18-42)40(38)33-13-15-37(16-14-33)47-21-6-20-45-29-31-7-2-1-3-8-31/h1-5,7-16,25,28,36,38-41H,6,17-24,26-27,29-30H2/t36-,38-,39?,40+/m0/s1. The molecule has 1 N–H and O–H groups in total. The predicted molar refractivity (Wildman–Crippen MR) is 186 cm³/mol. The molecule has 2 saturated heterocycles. The summed E-state index contributed by atoms with van der Waals surface area (Å²) in [6.07, 6.45) is 1.98. The summed E-state index contributed by atoms with van der Waals surface area (Å²) in [4.78, 5) is 15.3. The van der Waals surface area contributed by atoms with Gasteiger partial charge in [0.1, 0.15) is 12.0 Å². The van der Waals surface area contributed by atoms with Gasteiger partial charge in [-0.15, -0.1) is 0 Å². The number of ether oxygens (including phenoxy) is 4. The van der Waals surface area contributed by atoms with E-state index in [1.54, 1.807) is 0 Å². The number of carbonyl (C=O) groups excluding carboxylic acids is 1. The van der Waals surface area contributed by atoms with Gasteiger partial charge >= 0.3 is 0 Å².